The van der Waals surface area contributed by atoms with Gasteiger partial charge in [-0.25, -0.2) is 0 Å². The Morgan fingerprint density at radius 1 is 1.12 bits per heavy atom. The number of amides is 1. The summed E-state index contributed by atoms with van der Waals surface area (Å²) >= 11 is 0. The van der Waals surface area contributed by atoms with Gasteiger partial charge < -0.3 is 24.3 Å². The van der Waals surface area contributed by atoms with Crippen molar-refractivity contribution < 1.29 is 14.3 Å². The van der Waals surface area contributed by atoms with E-state index in [9.17, 15) is 4.79 Å². The van der Waals surface area contributed by atoms with Crippen molar-refractivity contribution in [3.8, 4) is 22.8 Å². The van der Waals surface area contributed by atoms with E-state index >= 15 is 0 Å². The highest BCUT2D eigenvalue weighted by molar-refractivity contribution is 5.93. The molecule has 1 saturated heterocycles. The molecule has 0 spiro atoms. The molecule has 1 fully saturated rings. The van der Waals surface area contributed by atoms with Crippen LogP contribution in [0.4, 0.5) is 0 Å². The first-order valence-electron chi connectivity index (χ1n) is 11.2. The molecule has 0 unspecified atom stereocenters. The fourth-order valence-corrected chi connectivity index (χ4v) is 4.46. The van der Waals surface area contributed by atoms with Crippen molar-refractivity contribution in [2.75, 3.05) is 27.3 Å². The quantitative estimate of drug-likeness (QED) is 0.612. The highest BCUT2D eigenvalue weighted by Gasteiger charge is 2.22. The molecule has 0 bridgehead atoms. The lowest BCUT2D eigenvalue weighted by Crippen LogP contribution is -2.47. The van der Waals surface area contributed by atoms with Crippen LogP contribution in [-0.2, 0) is 11.3 Å². The molecule has 0 atom stereocenters. The number of hydrogen-bond acceptors (Lipinski definition) is 5. The van der Waals surface area contributed by atoms with Gasteiger partial charge in [-0.2, -0.15) is 0 Å². The number of carbonyl (C=O) groups is 1. The second kappa shape index (κ2) is 9.61. The van der Waals surface area contributed by atoms with Gasteiger partial charge in [-0.15, -0.1) is 0 Å². The summed E-state index contributed by atoms with van der Waals surface area (Å²) in [6.45, 7) is 6.77. The van der Waals surface area contributed by atoms with Gasteiger partial charge in [0.25, 0.3) is 0 Å². The molecule has 0 aliphatic carbocycles. The fraction of sp³-hybridized carbons (Fsp3) is 0.440. The minimum Gasteiger partial charge on any atom is -0.493 e. The SMILES string of the molecule is COc1ccc(-c2nccc3ccn(CC(=O)NC4CCN(C(C)C)CC4)c23)cc1OC. The molecule has 1 aliphatic rings. The van der Waals surface area contributed by atoms with Crippen molar-refractivity contribution in [1.82, 2.24) is 19.8 Å². The van der Waals surface area contributed by atoms with E-state index in [4.69, 9.17) is 9.47 Å². The van der Waals surface area contributed by atoms with Crippen LogP contribution in [0.3, 0.4) is 0 Å². The van der Waals surface area contributed by atoms with Crippen LogP contribution in [0.2, 0.25) is 0 Å². The summed E-state index contributed by atoms with van der Waals surface area (Å²) in [5, 5.41) is 4.27. The largest absolute Gasteiger partial charge is 0.493 e. The molecule has 7 nitrogen and oxygen atoms in total. The monoisotopic (exact) mass is 436 g/mol. The summed E-state index contributed by atoms with van der Waals surface area (Å²) < 4.78 is 12.8. The van der Waals surface area contributed by atoms with E-state index in [2.05, 4.69) is 29.0 Å². The number of aromatic nitrogens is 2. The van der Waals surface area contributed by atoms with Crippen LogP contribution in [0, 0.1) is 0 Å². The topological polar surface area (TPSA) is 68.6 Å². The van der Waals surface area contributed by atoms with Crippen LogP contribution in [0.5, 0.6) is 11.5 Å². The van der Waals surface area contributed by atoms with Gasteiger partial charge in [-0.3, -0.25) is 9.78 Å². The number of methoxy groups -OCH3 is 2. The van der Waals surface area contributed by atoms with Crippen molar-refractivity contribution in [1.29, 1.82) is 0 Å². The van der Waals surface area contributed by atoms with Crippen molar-refractivity contribution in [2.45, 2.75) is 45.3 Å². The van der Waals surface area contributed by atoms with Gasteiger partial charge in [0.05, 0.1) is 25.4 Å². The van der Waals surface area contributed by atoms with Crippen LogP contribution in [-0.4, -0.2) is 59.8 Å². The summed E-state index contributed by atoms with van der Waals surface area (Å²) in [4.78, 5) is 20.0. The Labute approximate surface area is 189 Å². The number of rotatable bonds is 7. The van der Waals surface area contributed by atoms with Crippen LogP contribution in [0.15, 0.2) is 42.7 Å². The molecule has 170 valence electrons. The fourth-order valence-electron chi connectivity index (χ4n) is 4.46. The lowest BCUT2D eigenvalue weighted by molar-refractivity contribution is -0.122. The maximum absolute atomic E-state index is 12.9. The zero-order valence-electron chi connectivity index (χ0n) is 19.3. The molecule has 1 aliphatic heterocycles. The van der Waals surface area contributed by atoms with Gasteiger partial charge in [0.2, 0.25) is 5.91 Å². The maximum atomic E-state index is 12.9. The Kier molecular flexibility index (Phi) is 6.65. The second-order valence-corrected chi connectivity index (χ2v) is 8.58. The first-order chi connectivity index (χ1) is 15.5. The summed E-state index contributed by atoms with van der Waals surface area (Å²) in [5.74, 6) is 1.35. The molecule has 3 aromatic rings. The molecule has 32 heavy (non-hydrogen) atoms. The van der Waals surface area contributed by atoms with Crippen molar-refractivity contribution >= 4 is 16.8 Å². The molecular formula is C25H32N4O3. The van der Waals surface area contributed by atoms with Gasteiger partial charge in [0, 0.05) is 48.5 Å². The minimum absolute atomic E-state index is 0.0348. The van der Waals surface area contributed by atoms with Crippen molar-refractivity contribution in [2.24, 2.45) is 0 Å². The number of fused-ring (bicyclic) bond motifs is 1. The average molecular weight is 437 g/mol. The lowest BCUT2D eigenvalue weighted by atomic mass is 10.0. The Balaban J connectivity index is 1.54. The molecule has 3 heterocycles. The van der Waals surface area contributed by atoms with Crippen molar-refractivity contribution in [3.63, 3.8) is 0 Å². The summed E-state index contributed by atoms with van der Waals surface area (Å²) in [7, 11) is 3.24. The summed E-state index contributed by atoms with van der Waals surface area (Å²) in [6, 6.07) is 10.5. The third-order valence-corrected chi connectivity index (χ3v) is 6.27. The van der Waals surface area contributed by atoms with Gasteiger partial charge in [0.1, 0.15) is 6.54 Å². The average Bonchev–Trinajstić information content (AvgIpc) is 3.21. The van der Waals surface area contributed by atoms with E-state index in [0.29, 0.717) is 17.5 Å². The molecular weight excluding hydrogens is 404 g/mol. The molecule has 1 amide bonds. The van der Waals surface area contributed by atoms with E-state index in [-0.39, 0.29) is 18.5 Å². The number of benzene rings is 1. The summed E-state index contributed by atoms with van der Waals surface area (Å²) in [6.07, 6.45) is 5.74. The highest BCUT2D eigenvalue weighted by atomic mass is 16.5. The summed E-state index contributed by atoms with van der Waals surface area (Å²) in [5.41, 5.74) is 2.66. The lowest BCUT2D eigenvalue weighted by Gasteiger charge is -2.34. The molecule has 7 heteroatoms. The Morgan fingerprint density at radius 2 is 1.88 bits per heavy atom. The number of nitrogens with zero attached hydrogens (tertiary/aromatic N) is 3. The number of ether oxygens (including phenoxy) is 2. The smallest absolute Gasteiger partial charge is 0.240 e. The number of hydrogen-bond donors (Lipinski definition) is 1. The third-order valence-electron chi connectivity index (χ3n) is 6.27. The van der Waals surface area contributed by atoms with Crippen LogP contribution < -0.4 is 14.8 Å². The first kappa shape index (κ1) is 22.1. The van der Waals surface area contributed by atoms with E-state index in [1.807, 2.05) is 41.1 Å². The molecule has 2 aromatic heterocycles. The zero-order chi connectivity index (χ0) is 22.7. The predicted octanol–water partition coefficient (Wildman–Crippen LogP) is 3.71. The predicted molar refractivity (Wildman–Crippen MR) is 126 cm³/mol. The normalized spacial score (nSPS) is 15.3. The standard InChI is InChI=1S/C25H32N4O3/c1-17(2)28-13-9-20(10-14-28)27-23(30)16-29-12-8-18-7-11-26-24(25(18)29)19-5-6-21(31-3)22(15-19)32-4/h5-8,11-12,15,17,20H,9-10,13-14,16H2,1-4H3,(H,27,30). The van der Waals surface area contributed by atoms with Gasteiger partial charge in [-0.05, 0) is 57.0 Å². The Hall–Kier alpha value is -3.06. The number of carbonyl (C=O) groups excluding carboxylic acids is 1. The van der Waals surface area contributed by atoms with E-state index in [0.717, 1.165) is 48.1 Å². The van der Waals surface area contributed by atoms with Crippen molar-refractivity contribution in [3.05, 3.63) is 42.7 Å². The first-order valence-corrected chi connectivity index (χ1v) is 11.2. The van der Waals surface area contributed by atoms with E-state index in [1.54, 1.807) is 20.4 Å². The number of piperidine rings is 1. The van der Waals surface area contributed by atoms with Crippen LogP contribution in [0.25, 0.3) is 22.2 Å². The Bertz CT molecular complexity index is 1080. The van der Waals surface area contributed by atoms with Crippen LogP contribution in [0.1, 0.15) is 26.7 Å². The number of likely N-dealkylation sites (tertiary alicyclic amines) is 1. The van der Waals surface area contributed by atoms with Gasteiger partial charge >= 0.3 is 0 Å². The molecule has 0 radical (unpaired) electrons. The molecule has 1 N–H and O–H groups in total. The minimum atomic E-state index is 0.0348. The highest BCUT2D eigenvalue weighted by Crippen LogP contribution is 2.34. The zero-order valence-corrected chi connectivity index (χ0v) is 19.3. The van der Waals surface area contributed by atoms with E-state index < -0.39 is 0 Å². The van der Waals surface area contributed by atoms with Gasteiger partial charge in [0.15, 0.2) is 11.5 Å². The second-order valence-electron chi connectivity index (χ2n) is 8.58. The van der Waals surface area contributed by atoms with E-state index in [1.165, 1.54) is 0 Å². The third kappa shape index (κ3) is 4.58. The number of pyridine rings is 1. The molecule has 4 rings (SSSR count). The maximum Gasteiger partial charge on any atom is 0.240 e. The van der Waals surface area contributed by atoms with Gasteiger partial charge in [-0.1, -0.05) is 0 Å². The number of nitrogens with one attached hydrogen (secondary N) is 1. The van der Waals surface area contributed by atoms with Crippen LogP contribution >= 0.6 is 0 Å². The Morgan fingerprint density at radius 3 is 2.56 bits per heavy atom. The molecule has 1 aromatic carbocycles. The molecule has 0 saturated carbocycles.